The van der Waals surface area contributed by atoms with Gasteiger partial charge in [0.1, 0.15) is 15.6 Å². The lowest BCUT2D eigenvalue weighted by atomic mass is 10.1. The molecule has 0 radical (unpaired) electrons. The van der Waals surface area contributed by atoms with Crippen molar-refractivity contribution in [3.05, 3.63) is 70.2 Å². The summed E-state index contributed by atoms with van der Waals surface area (Å²) in [5.41, 5.74) is 1.50. The van der Waals surface area contributed by atoms with Gasteiger partial charge in [0.25, 0.3) is 10.0 Å². The summed E-state index contributed by atoms with van der Waals surface area (Å²) in [6, 6.07) is 14.1. The predicted molar refractivity (Wildman–Crippen MR) is 134 cm³/mol. The third-order valence-electron chi connectivity index (χ3n) is 5.70. The van der Waals surface area contributed by atoms with Crippen molar-refractivity contribution in [3.63, 3.8) is 0 Å². The summed E-state index contributed by atoms with van der Waals surface area (Å²) in [6.45, 7) is 3.52. The molecule has 8 nitrogen and oxygen atoms in total. The van der Waals surface area contributed by atoms with Gasteiger partial charge in [-0.2, -0.15) is 17.6 Å². The molecule has 1 saturated heterocycles. The summed E-state index contributed by atoms with van der Waals surface area (Å²) in [5.74, 6) is 1.37. The maximum absolute atomic E-state index is 13.3. The number of ether oxygens (including phenoxy) is 1. The number of piperidine rings is 1. The maximum Gasteiger partial charge on any atom is 0.283 e. The molecule has 170 valence electrons. The van der Waals surface area contributed by atoms with E-state index in [9.17, 15) is 8.42 Å². The molecule has 10 heteroatoms. The van der Waals surface area contributed by atoms with E-state index < -0.39 is 10.0 Å². The van der Waals surface area contributed by atoms with Gasteiger partial charge in [-0.1, -0.05) is 17.7 Å². The van der Waals surface area contributed by atoms with Gasteiger partial charge in [0, 0.05) is 49.8 Å². The molecule has 1 aliphatic rings. The minimum Gasteiger partial charge on any atom is -0.490 e. The molecule has 2 aromatic heterocycles. The molecule has 0 amide bonds. The summed E-state index contributed by atoms with van der Waals surface area (Å²) in [6.07, 6.45) is 5.18. The lowest BCUT2D eigenvalue weighted by molar-refractivity contribution is 0.170. The Morgan fingerprint density at radius 2 is 1.73 bits per heavy atom. The van der Waals surface area contributed by atoms with Crippen LogP contribution in [0.3, 0.4) is 0 Å². The SMILES string of the molecule is Cc1ccc(S(=O)(=O)n2nc(I)c3ccc(OC4CCN(c5ncccn5)CC4)cc32)cc1. The average molecular weight is 575 g/mol. The molecule has 4 aromatic rings. The number of fused-ring (bicyclic) bond motifs is 1. The molecule has 1 fully saturated rings. The van der Waals surface area contributed by atoms with E-state index in [2.05, 4.69) is 42.6 Å². The fraction of sp³-hybridized carbons (Fsp3) is 0.261. The third-order valence-corrected chi connectivity index (χ3v) is 8.10. The lowest BCUT2D eigenvalue weighted by Gasteiger charge is -2.32. The highest BCUT2D eigenvalue weighted by Crippen LogP contribution is 2.29. The second-order valence-corrected chi connectivity index (χ2v) is 10.8. The van der Waals surface area contributed by atoms with Gasteiger partial charge >= 0.3 is 0 Å². The van der Waals surface area contributed by atoms with Crippen molar-refractivity contribution in [2.45, 2.75) is 30.8 Å². The van der Waals surface area contributed by atoms with E-state index in [-0.39, 0.29) is 11.0 Å². The van der Waals surface area contributed by atoms with Crippen LogP contribution in [0.25, 0.3) is 10.9 Å². The van der Waals surface area contributed by atoms with Crippen LogP contribution in [0.1, 0.15) is 18.4 Å². The van der Waals surface area contributed by atoms with Crippen LogP contribution in [0.4, 0.5) is 5.95 Å². The minimum atomic E-state index is -3.82. The molecule has 5 rings (SSSR count). The van der Waals surface area contributed by atoms with Crippen LogP contribution < -0.4 is 9.64 Å². The maximum atomic E-state index is 13.3. The number of hydrogen-bond donors (Lipinski definition) is 0. The Morgan fingerprint density at radius 1 is 1.03 bits per heavy atom. The lowest BCUT2D eigenvalue weighted by Crippen LogP contribution is -2.39. The molecule has 0 saturated carbocycles. The molecule has 0 spiro atoms. The number of benzene rings is 2. The van der Waals surface area contributed by atoms with Crippen LogP contribution in [0.5, 0.6) is 5.75 Å². The Morgan fingerprint density at radius 3 is 2.42 bits per heavy atom. The van der Waals surface area contributed by atoms with Gasteiger partial charge < -0.3 is 9.64 Å². The van der Waals surface area contributed by atoms with Gasteiger partial charge in [-0.15, -0.1) is 0 Å². The van der Waals surface area contributed by atoms with Crippen molar-refractivity contribution in [2.75, 3.05) is 18.0 Å². The summed E-state index contributed by atoms with van der Waals surface area (Å²) in [5, 5.41) is 5.10. The third kappa shape index (κ3) is 4.41. The first-order valence-corrected chi connectivity index (χ1v) is 13.1. The zero-order valence-corrected chi connectivity index (χ0v) is 20.9. The normalized spacial score (nSPS) is 15.2. The predicted octanol–water partition coefficient (Wildman–Crippen LogP) is 4.02. The topological polar surface area (TPSA) is 90.2 Å². The fourth-order valence-corrected chi connectivity index (χ4v) is 6.02. The van der Waals surface area contributed by atoms with Gasteiger partial charge in [-0.05, 0) is 59.8 Å². The minimum absolute atomic E-state index is 0.0339. The van der Waals surface area contributed by atoms with Crippen molar-refractivity contribution in [2.24, 2.45) is 0 Å². The van der Waals surface area contributed by atoms with Crippen molar-refractivity contribution >= 4 is 49.5 Å². The number of aryl methyl sites for hydroxylation is 1. The van der Waals surface area contributed by atoms with Crippen molar-refractivity contribution < 1.29 is 13.2 Å². The Balaban J connectivity index is 1.38. The molecule has 1 aliphatic heterocycles. The van der Waals surface area contributed by atoms with Gasteiger partial charge in [0.2, 0.25) is 5.95 Å². The van der Waals surface area contributed by atoms with E-state index in [1.165, 1.54) is 0 Å². The van der Waals surface area contributed by atoms with Gasteiger partial charge in [-0.25, -0.2) is 9.97 Å². The highest BCUT2D eigenvalue weighted by atomic mass is 127. The average Bonchev–Trinajstić information content (AvgIpc) is 3.17. The molecule has 33 heavy (non-hydrogen) atoms. The zero-order chi connectivity index (χ0) is 23.0. The largest absolute Gasteiger partial charge is 0.490 e. The monoisotopic (exact) mass is 575 g/mol. The number of nitrogens with zero attached hydrogens (tertiary/aromatic N) is 5. The van der Waals surface area contributed by atoms with E-state index in [0.717, 1.165) is 46.9 Å². The number of aromatic nitrogens is 4. The van der Waals surface area contributed by atoms with E-state index in [4.69, 9.17) is 4.74 Å². The highest BCUT2D eigenvalue weighted by molar-refractivity contribution is 14.1. The van der Waals surface area contributed by atoms with Crippen LogP contribution in [0.15, 0.2) is 65.8 Å². The van der Waals surface area contributed by atoms with Crippen molar-refractivity contribution in [1.29, 1.82) is 0 Å². The number of anilines is 1. The summed E-state index contributed by atoms with van der Waals surface area (Å²) in [7, 11) is -3.82. The number of halogens is 1. The van der Waals surface area contributed by atoms with Gasteiger partial charge in [0.05, 0.1) is 10.4 Å². The van der Waals surface area contributed by atoms with Gasteiger partial charge in [-0.3, -0.25) is 0 Å². The standard InChI is InChI=1S/C23H22IN5O3S/c1-16-3-6-19(7-4-16)33(30,31)29-21-15-18(5-8-20(21)22(24)27-29)32-17-9-13-28(14-10-17)23-25-11-2-12-26-23/h2-8,11-12,15,17H,9-10,13-14H2,1H3. The first-order chi connectivity index (χ1) is 15.9. The van der Waals surface area contributed by atoms with E-state index in [1.807, 2.05) is 19.1 Å². The molecule has 0 unspecified atom stereocenters. The molecule has 0 bridgehead atoms. The van der Waals surface area contributed by atoms with Gasteiger partial charge in [0.15, 0.2) is 0 Å². The second kappa shape index (κ2) is 8.90. The van der Waals surface area contributed by atoms with Crippen LogP contribution in [0, 0.1) is 10.6 Å². The highest BCUT2D eigenvalue weighted by Gasteiger charge is 2.25. The Hall–Kier alpha value is -2.73. The molecule has 2 aromatic carbocycles. The van der Waals surface area contributed by atoms with Crippen LogP contribution in [-0.4, -0.2) is 46.8 Å². The molecule has 0 N–H and O–H groups in total. The number of hydrogen-bond acceptors (Lipinski definition) is 7. The Bertz CT molecular complexity index is 1380. The molecule has 3 heterocycles. The Labute approximate surface area is 205 Å². The summed E-state index contributed by atoms with van der Waals surface area (Å²) < 4.78 is 34.5. The summed E-state index contributed by atoms with van der Waals surface area (Å²) >= 11 is 2.06. The van der Waals surface area contributed by atoms with E-state index in [1.54, 1.807) is 48.8 Å². The molecular formula is C23H22IN5O3S. The fourth-order valence-electron chi connectivity index (χ4n) is 3.92. The van der Waals surface area contributed by atoms with E-state index in [0.29, 0.717) is 15.0 Å². The van der Waals surface area contributed by atoms with Crippen molar-refractivity contribution in [1.82, 2.24) is 19.2 Å². The first kappa shape index (κ1) is 22.1. The quantitative estimate of drug-likeness (QED) is 0.332. The Kier molecular flexibility index (Phi) is 5.95. The second-order valence-electron chi connectivity index (χ2n) is 7.98. The smallest absolute Gasteiger partial charge is 0.283 e. The van der Waals surface area contributed by atoms with E-state index >= 15 is 0 Å². The van der Waals surface area contributed by atoms with Crippen molar-refractivity contribution in [3.8, 4) is 5.75 Å². The van der Waals surface area contributed by atoms with Crippen LogP contribution in [0.2, 0.25) is 0 Å². The summed E-state index contributed by atoms with van der Waals surface area (Å²) in [4.78, 5) is 11.0. The van der Waals surface area contributed by atoms with Crippen LogP contribution >= 0.6 is 22.6 Å². The first-order valence-electron chi connectivity index (χ1n) is 10.6. The zero-order valence-electron chi connectivity index (χ0n) is 17.9. The molecule has 0 aliphatic carbocycles. The number of rotatable bonds is 5. The molecule has 0 atom stereocenters. The molecular weight excluding hydrogens is 553 g/mol. The van der Waals surface area contributed by atoms with Crippen LogP contribution in [-0.2, 0) is 10.0 Å².